The third-order valence-electron chi connectivity index (χ3n) is 5.32. The molecule has 2 aromatic rings. The van der Waals surface area contributed by atoms with E-state index < -0.39 is 54.5 Å². The lowest BCUT2D eigenvalue weighted by Crippen LogP contribution is -2.58. The second-order valence-corrected chi connectivity index (χ2v) is 8.32. The first-order valence-corrected chi connectivity index (χ1v) is 11.6. The minimum atomic E-state index is -1.58. The number of nitrogens with one attached hydrogen (secondary N) is 5. The fourth-order valence-corrected chi connectivity index (χ4v) is 3.33. The van der Waals surface area contributed by atoms with Crippen LogP contribution in [0.4, 0.5) is 0 Å². The third kappa shape index (κ3) is 9.86. The van der Waals surface area contributed by atoms with Crippen LogP contribution in [0.2, 0.25) is 0 Å². The van der Waals surface area contributed by atoms with Crippen LogP contribution in [-0.2, 0) is 32.0 Å². The zero-order chi connectivity index (χ0) is 28.1. The van der Waals surface area contributed by atoms with E-state index in [1.165, 1.54) is 25.0 Å². The van der Waals surface area contributed by atoms with Gasteiger partial charge in [-0.1, -0.05) is 0 Å². The summed E-state index contributed by atoms with van der Waals surface area (Å²) >= 11 is 0. The van der Waals surface area contributed by atoms with E-state index in [0.717, 1.165) is 0 Å². The van der Waals surface area contributed by atoms with Crippen LogP contribution in [0.25, 0.3) is 0 Å². The van der Waals surface area contributed by atoms with E-state index in [4.69, 9.17) is 22.3 Å². The molecule has 13 N–H and O–H groups in total. The number of aliphatic hydroxyl groups excluding tert-OH is 1. The van der Waals surface area contributed by atoms with Crippen LogP contribution >= 0.6 is 0 Å². The number of nitrogens with two attached hydrogens (primary N) is 3. The topological polar surface area (TPSA) is 293 Å². The van der Waals surface area contributed by atoms with Crippen molar-refractivity contribution < 1.29 is 29.4 Å². The monoisotopic (exact) mass is 535 g/mol. The van der Waals surface area contributed by atoms with Crippen molar-refractivity contribution in [2.75, 3.05) is 13.2 Å². The van der Waals surface area contributed by atoms with Crippen molar-refractivity contribution in [2.45, 2.75) is 49.9 Å². The molecule has 17 heteroatoms. The molecule has 3 amide bonds. The number of aromatic amines is 2. The molecular formula is C21H33N11O6. The van der Waals surface area contributed by atoms with Gasteiger partial charge in [0.1, 0.15) is 18.1 Å². The third-order valence-corrected chi connectivity index (χ3v) is 5.32. The number of aliphatic hydroxyl groups is 1. The van der Waals surface area contributed by atoms with Crippen LogP contribution in [0.5, 0.6) is 0 Å². The van der Waals surface area contributed by atoms with E-state index in [9.17, 15) is 24.3 Å². The van der Waals surface area contributed by atoms with Crippen LogP contribution in [-0.4, -0.2) is 97.1 Å². The second-order valence-electron chi connectivity index (χ2n) is 8.32. The molecule has 208 valence electrons. The average Bonchev–Trinajstić information content (AvgIpc) is 3.57. The van der Waals surface area contributed by atoms with Gasteiger partial charge in [-0.05, 0) is 12.8 Å². The number of carbonyl (C=O) groups excluding carboxylic acids is 3. The minimum absolute atomic E-state index is 0.0800. The highest BCUT2D eigenvalue weighted by molar-refractivity contribution is 5.94. The van der Waals surface area contributed by atoms with Crippen molar-refractivity contribution in [3.63, 3.8) is 0 Å². The van der Waals surface area contributed by atoms with Gasteiger partial charge in [0.05, 0.1) is 25.3 Å². The van der Waals surface area contributed by atoms with Crippen molar-refractivity contribution in [3.05, 3.63) is 36.4 Å². The van der Waals surface area contributed by atoms with Gasteiger partial charge in [-0.2, -0.15) is 0 Å². The Morgan fingerprint density at radius 3 is 1.97 bits per heavy atom. The number of aliphatic imine (C=N–C) groups is 1. The number of amides is 3. The Balaban J connectivity index is 2.17. The molecule has 0 aliphatic carbocycles. The van der Waals surface area contributed by atoms with Gasteiger partial charge in [0.25, 0.3) is 0 Å². The maximum Gasteiger partial charge on any atom is 0.328 e. The first kappa shape index (κ1) is 29.7. The Bertz CT molecular complexity index is 1070. The molecule has 38 heavy (non-hydrogen) atoms. The summed E-state index contributed by atoms with van der Waals surface area (Å²) in [6, 6.07) is -4.99. The molecule has 0 aromatic carbocycles. The normalized spacial score (nSPS) is 13.9. The number of nitrogens with zero attached hydrogens (tertiary/aromatic N) is 3. The van der Waals surface area contributed by atoms with E-state index >= 15 is 0 Å². The predicted molar refractivity (Wildman–Crippen MR) is 133 cm³/mol. The number of H-pyrrole nitrogens is 2. The molecule has 4 atom stereocenters. The first-order valence-electron chi connectivity index (χ1n) is 11.6. The van der Waals surface area contributed by atoms with Crippen molar-refractivity contribution in [2.24, 2.45) is 22.2 Å². The van der Waals surface area contributed by atoms with Crippen LogP contribution in [0.3, 0.4) is 0 Å². The molecule has 0 saturated carbocycles. The Kier molecular flexibility index (Phi) is 11.7. The van der Waals surface area contributed by atoms with Crippen LogP contribution in [0, 0.1) is 0 Å². The van der Waals surface area contributed by atoms with Crippen molar-refractivity contribution in [1.29, 1.82) is 0 Å². The predicted octanol–water partition coefficient (Wildman–Crippen LogP) is -4.17. The smallest absolute Gasteiger partial charge is 0.328 e. The molecule has 0 fully saturated rings. The van der Waals surface area contributed by atoms with Crippen molar-refractivity contribution in [3.8, 4) is 0 Å². The van der Waals surface area contributed by atoms with Gasteiger partial charge in [-0.3, -0.25) is 19.4 Å². The fourth-order valence-electron chi connectivity index (χ4n) is 3.33. The van der Waals surface area contributed by atoms with E-state index in [-0.39, 0.29) is 31.8 Å². The lowest BCUT2D eigenvalue weighted by molar-refractivity contribution is -0.143. The van der Waals surface area contributed by atoms with Gasteiger partial charge in [0.2, 0.25) is 17.7 Å². The standard InChI is InChI=1S/C21H33N11O6/c22-13(4-11-6-25-9-28-11)17(34)30-14(2-1-3-27-21(23)24)18(35)31-15(5-12-7-26-10-29-12)19(36)32-16(8-33)20(37)38/h6-7,9-10,13-16,33H,1-5,8,22H2,(H,25,28)(H,26,29)(H,30,34)(H,31,35)(H,32,36)(H,37,38)(H4,23,24,27). The number of aromatic nitrogens is 4. The summed E-state index contributed by atoms with van der Waals surface area (Å²) in [7, 11) is 0. The number of rotatable bonds is 16. The number of carboxylic acids is 1. The highest BCUT2D eigenvalue weighted by Crippen LogP contribution is 2.05. The number of hydrogen-bond acceptors (Lipinski definition) is 9. The Labute approximate surface area is 217 Å². The second kappa shape index (κ2) is 14.9. The number of carboxylic acid groups (broad SMARTS) is 1. The van der Waals surface area contributed by atoms with Gasteiger partial charge in [-0.15, -0.1) is 0 Å². The zero-order valence-electron chi connectivity index (χ0n) is 20.5. The Morgan fingerprint density at radius 2 is 1.45 bits per heavy atom. The first-order chi connectivity index (χ1) is 18.1. The zero-order valence-corrected chi connectivity index (χ0v) is 20.5. The van der Waals surface area contributed by atoms with E-state index in [0.29, 0.717) is 17.8 Å². The van der Waals surface area contributed by atoms with Crippen LogP contribution in [0.1, 0.15) is 24.2 Å². The summed E-state index contributed by atoms with van der Waals surface area (Å²) in [5.41, 5.74) is 17.7. The van der Waals surface area contributed by atoms with E-state index in [1.807, 2.05) is 0 Å². The maximum absolute atomic E-state index is 13.2. The van der Waals surface area contributed by atoms with Crippen LogP contribution in [0.15, 0.2) is 30.0 Å². The minimum Gasteiger partial charge on any atom is -0.480 e. The summed E-state index contributed by atoms with van der Waals surface area (Å²) in [6.07, 6.45) is 6.20. The summed E-state index contributed by atoms with van der Waals surface area (Å²) in [5.74, 6) is -3.81. The number of carbonyl (C=O) groups is 4. The number of imidazole rings is 2. The van der Waals surface area contributed by atoms with Crippen molar-refractivity contribution in [1.82, 2.24) is 35.9 Å². The number of aliphatic carboxylic acids is 1. The molecule has 0 spiro atoms. The molecule has 0 radical (unpaired) electrons. The molecular weight excluding hydrogens is 502 g/mol. The summed E-state index contributed by atoms with van der Waals surface area (Å²) < 4.78 is 0. The lowest BCUT2D eigenvalue weighted by Gasteiger charge is -2.24. The summed E-state index contributed by atoms with van der Waals surface area (Å²) in [6.45, 7) is -0.680. The molecule has 0 aliphatic rings. The lowest BCUT2D eigenvalue weighted by atomic mass is 10.1. The van der Waals surface area contributed by atoms with Gasteiger partial charge in [-0.25, -0.2) is 14.8 Å². The number of hydrogen-bond donors (Lipinski definition) is 10. The van der Waals surface area contributed by atoms with Gasteiger partial charge in [0.15, 0.2) is 5.96 Å². The van der Waals surface area contributed by atoms with Gasteiger partial charge < -0.3 is 53.3 Å². The Hall–Kier alpha value is -4.51. The molecule has 0 aliphatic heterocycles. The number of guanidine groups is 1. The average molecular weight is 536 g/mol. The SMILES string of the molecule is NC(N)=NCCCC(NC(=O)C(N)Cc1cnc[nH]1)C(=O)NC(Cc1cnc[nH]1)C(=O)NC(CO)C(=O)O. The highest BCUT2D eigenvalue weighted by atomic mass is 16.4. The molecule has 0 saturated heterocycles. The molecule has 2 aromatic heterocycles. The van der Waals surface area contributed by atoms with Gasteiger partial charge >= 0.3 is 5.97 Å². The molecule has 2 rings (SSSR count). The molecule has 4 unspecified atom stereocenters. The largest absolute Gasteiger partial charge is 0.480 e. The van der Waals surface area contributed by atoms with Gasteiger partial charge in [0, 0.05) is 43.2 Å². The molecule has 2 heterocycles. The molecule has 17 nitrogen and oxygen atoms in total. The molecule has 0 bridgehead atoms. The fraction of sp³-hybridized carbons (Fsp3) is 0.476. The van der Waals surface area contributed by atoms with E-state index in [2.05, 4.69) is 40.9 Å². The maximum atomic E-state index is 13.2. The van der Waals surface area contributed by atoms with Crippen molar-refractivity contribution >= 4 is 29.7 Å². The highest BCUT2D eigenvalue weighted by Gasteiger charge is 2.30. The summed E-state index contributed by atoms with van der Waals surface area (Å²) in [4.78, 5) is 67.3. The van der Waals surface area contributed by atoms with E-state index in [1.54, 1.807) is 0 Å². The Morgan fingerprint density at radius 1 is 0.895 bits per heavy atom. The quantitative estimate of drug-likeness (QED) is 0.0558. The van der Waals surface area contributed by atoms with Crippen LogP contribution < -0.4 is 33.2 Å². The summed E-state index contributed by atoms with van der Waals surface area (Å²) in [5, 5.41) is 25.7.